The van der Waals surface area contributed by atoms with Gasteiger partial charge in [0.1, 0.15) is 6.04 Å². The van der Waals surface area contributed by atoms with E-state index in [4.69, 9.17) is 4.74 Å². The van der Waals surface area contributed by atoms with Crippen molar-refractivity contribution in [1.29, 1.82) is 0 Å². The molecule has 0 spiro atoms. The molecule has 2 atom stereocenters. The number of pyridine rings is 2. The van der Waals surface area contributed by atoms with Crippen LogP contribution in [0.15, 0.2) is 79.0 Å². The summed E-state index contributed by atoms with van der Waals surface area (Å²) in [6.45, 7) is 2.23. The molecule has 2 aromatic carbocycles. The monoisotopic (exact) mass is 482 g/mol. The number of nitrogens with one attached hydrogen (secondary N) is 1. The highest BCUT2D eigenvalue weighted by Gasteiger charge is 2.39. The van der Waals surface area contributed by atoms with Crippen LogP contribution in [0.2, 0.25) is 0 Å². The second kappa shape index (κ2) is 10.2. The number of nitrogens with zero attached hydrogens (tertiary/aromatic N) is 3. The van der Waals surface area contributed by atoms with E-state index in [9.17, 15) is 14.8 Å². The van der Waals surface area contributed by atoms with Crippen molar-refractivity contribution in [2.45, 2.75) is 38.6 Å². The number of amides is 2. The molecule has 0 radical (unpaired) electrons. The lowest BCUT2D eigenvalue weighted by atomic mass is 9.95. The molecule has 0 bridgehead atoms. The lowest BCUT2D eigenvalue weighted by Crippen LogP contribution is -2.53. The smallest absolute Gasteiger partial charge is 0.266 e. The molecule has 2 N–H and O–H groups in total. The second-order valence-corrected chi connectivity index (χ2v) is 8.81. The Morgan fingerprint density at radius 1 is 1.11 bits per heavy atom. The molecule has 1 aliphatic rings. The molecular formula is C28H26N4O4. The normalized spacial score (nSPS) is 15.8. The summed E-state index contributed by atoms with van der Waals surface area (Å²) < 4.78 is 6.31. The number of carbonyl (C=O) groups is 2. The Morgan fingerprint density at radius 2 is 1.89 bits per heavy atom. The van der Waals surface area contributed by atoms with Crippen molar-refractivity contribution in [1.82, 2.24) is 20.3 Å². The van der Waals surface area contributed by atoms with E-state index in [2.05, 4.69) is 9.97 Å². The van der Waals surface area contributed by atoms with E-state index in [1.165, 1.54) is 4.90 Å². The summed E-state index contributed by atoms with van der Waals surface area (Å²) in [6, 6.07) is 21.8. The van der Waals surface area contributed by atoms with Crippen LogP contribution in [0.25, 0.3) is 10.9 Å². The topological polar surface area (TPSA) is 105 Å². The Kier molecular flexibility index (Phi) is 6.71. The van der Waals surface area contributed by atoms with Gasteiger partial charge in [-0.25, -0.2) is 5.48 Å². The molecule has 0 saturated heterocycles. The quantitative estimate of drug-likeness (QED) is 0.321. The minimum absolute atomic E-state index is 0.136. The molecule has 5 rings (SSSR count). The third-order valence-electron chi connectivity index (χ3n) is 6.45. The third kappa shape index (κ3) is 4.68. The van der Waals surface area contributed by atoms with E-state index in [1.807, 2.05) is 73.7 Å². The number of fused-ring (bicyclic) bond motifs is 2. The number of aryl methyl sites for hydroxylation is 1. The molecule has 2 aromatic heterocycles. The first kappa shape index (κ1) is 23.6. The van der Waals surface area contributed by atoms with E-state index in [0.717, 1.165) is 33.4 Å². The summed E-state index contributed by atoms with van der Waals surface area (Å²) >= 11 is 0. The first-order valence-corrected chi connectivity index (χ1v) is 11.7. The van der Waals surface area contributed by atoms with Gasteiger partial charge >= 0.3 is 0 Å². The van der Waals surface area contributed by atoms with Gasteiger partial charge in [0.15, 0.2) is 6.10 Å². The Labute approximate surface area is 208 Å². The lowest BCUT2D eigenvalue weighted by molar-refractivity contribution is -0.155. The maximum absolute atomic E-state index is 14.0. The average Bonchev–Trinajstić information content (AvgIpc) is 2.92. The molecule has 36 heavy (non-hydrogen) atoms. The van der Waals surface area contributed by atoms with Gasteiger partial charge in [-0.3, -0.25) is 24.8 Å². The fraction of sp³-hybridized carbons (Fsp3) is 0.214. The Bertz CT molecular complexity index is 1410. The molecule has 2 amide bonds. The standard InChI is InChI=1S/C28H26N4O4/c1-18-14-21(22-11-5-6-12-23(22)30-18)17-36-26(19-8-3-2-4-9-19)28(34)32-16-24-20(10-7-13-29-24)15-25(32)27(33)31-35/h2-14,25-26,35H,15-17H2,1H3,(H,31,33). The van der Waals surface area contributed by atoms with Crippen LogP contribution >= 0.6 is 0 Å². The van der Waals surface area contributed by atoms with Crippen molar-refractivity contribution >= 4 is 22.7 Å². The van der Waals surface area contributed by atoms with E-state index in [0.29, 0.717) is 5.56 Å². The summed E-state index contributed by atoms with van der Waals surface area (Å²) in [5.41, 5.74) is 6.60. The fourth-order valence-corrected chi connectivity index (χ4v) is 4.71. The van der Waals surface area contributed by atoms with Gasteiger partial charge in [-0.05, 0) is 41.8 Å². The van der Waals surface area contributed by atoms with Gasteiger partial charge in [-0.15, -0.1) is 0 Å². The predicted octanol–water partition coefficient (Wildman–Crippen LogP) is 3.66. The van der Waals surface area contributed by atoms with Crippen LogP contribution in [0.4, 0.5) is 0 Å². The highest BCUT2D eigenvalue weighted by molar-refractivity contribution is 5.90. The summed E-state index contributed by atoms with van der Waals surface area (Å²) in [7, 11) is 0. The number of para-hydroxylation sites is 1. The predicted molar refractivity (Wildman–Crippen MR) is 133 cm³/mol. The Hall–Kier alpha value is -4.14. The van der Waals surface area contributed by atoms with E-state index < -0.39 is 18.1 Å². The average molecular weight is 483 g/mol. The van der Waals surface area contributed by atoms with Gasteiger partial charge in [0.05, 0.1) is 24.4 Å². The molecule has 8 nitrogen and oxygen atoms in total. The van der Waals surface area contributed by atoms with Gasteiger partial charge in [0.2, 0.25) is 0 Å². The van der Waals surface area contributed by atoms with Crippen LogP contribution in [0.3, 0.4) is 0 Å². The fourth-order valence-electron chi connectivity index (χ4n) is 4.71. The first-order valence-electron chi connectivity index (χ1n) is 11.7. The van der Waals surface area contributed by atoms with E-state index in [-0.39, 0.29) is 25.5 Å². The molecule has 2 unspecified atom stereocenters. The van der Waals surface area contributed by atoms with Crippen molar-refractivity contribution in [2.24, 2.45) is 0 Å². The van der Waals surface area contributed by atoms with Crippen molar-refractivity contribution in [3.63, 3.8) is 0 Å². The number of rotatable bonds is 6. The summed E-state index contributed by atoms with van der Waals surface area (Å²) in [6.07, 6.45) is 0.949. The molecule has 0 fully saturated rings. The highest BCUT2D eigenvalue weighted by atomic mass is 16.5. The molecule has 1 aliphatic heterocycles. The minimum atomic E-state index is -0.960. The van der Waals surface area contributed by atoms with Gasteiger partial charge < -0.3 is 9.64 Å². The molecule has 0 aliphatic carbocycles. The molecular weight excluding hydrogens is 456 g/mol. The zero-order valence-corrected chi connectivity index (χ0v) is 19.8. The Morgan fingerprint density at radius 3 is 2.69 bits per heavy atom. The third-order valence-corrected chi connectivity index (χ3v) is 6.45. The molecule has 0 saturated carbocycles. The maximum atomic E-state index is 14.0. The van der Waals surface area contributed by atoms with E-state index >= 15 is 0 Å². The number of hydrogen-bond donors (Lipinski definition) is 2. The number of carbonyl (C=O) groups excluding carboxylic acids is 2. The van der Waals surface area contributed by atoms with Crippen LogP contribution < -0.4 is 5.48 Å². The number of benzene rings is 2. The van der Waals surface area contributed by atoms with Crippen LogP contribution in [0.1, 0.15) is 34.2 Å². The van der Waals surface area contributed by atoms with Crippen molar-refractivity contribution < 1.29 is 19.5 Å². The molecule has 182 valence electrons. The second-order valence-electron chi connectivity index (χ2n) is 8.81. The van der Waals surface area contributed by atoms with Crippen LogP contribution in [0.5, 0.6) is 0 Å². The van der Waals surface area contributed by atoms with Crippen LogP contribution in [-0.4, -0.2) is 37.9 Å². The SMILES string of the molecule is Cc1cc(COC(C(=O)N2Cc3ncccc3CC2C(=O)NO)c2ccccc2)c2ccccc2n1. The van der Waals surface area contributed by atoms with Crippen molar-refractivity contribution in [3.05, 3.63) is 107 Å². The van der Waals surface area contributed by atoms with Crippen molar-refractivity contribution in [3.8, 4) is 0 Å². The zero-order chi connectivity index (χ0) is 25.1. The zero-order valence-electron chi connectivity index (χ0n) is 19.8. The van der Waals surface area contributed by atoms with E-state index in [1.54, 1.807) is 17.7 Å². The molecule has 3 heterocycles. The number of hydroxylamine groups is 1. The van der Waals surface area contributed by atoms with Crippen LogP contribution in [0, 0.1) is 6.92 Å². The van der Waals surface area contributed by atoms with Gasteiger partial charge in [-0.1, -0.05) is 54.6 Å². The number of aromatic nitrogens is 2. The lowest BCUT2D eigenvalue weighted by Gasteiger charge is -2.37. The minimum Gasteiger partial charge on any atom is -0.359 e. The number of hydrogen-bond acceptors (Lipinski definition) is 6. The first-order chi connectivity index (χ1) is 17.5. The maximum Gasteiger partial charge on any atom is 0.266 e. The molecule has 8 heteroatoms. The number of ether oxygens (including phenoxy) is 1. The van der Waals surface area contributed by atoms with Crippen LogP contribution in [-0.2, 0) is 33.9 Å². The molecule has 4 aromatic rings. The van der Waals surface area contributed by atoms with Gasteiger partial charge in [0, 0.05) is 23.7 Å². The summed E-state index contributed by atoms with van der Waals surface area (Å²) in [5.74, 6) is -1.03. The largest absolute Gasteiger partial charge is 0.359 e. The van der Waals surface area contributed by atoms with Gasteiger partial charge in [-0.2, -0.15) is 0 Å². The van der Waals surface area contributed by atoms with Gasteiger partial charge in [0.25, 0.3) is 11.8 Å². The summed E-state index contributed by atoms with van der Waals surface area (Å²) in [4.78, 5) is 37.0. The summed E-state index contributed by atoms with van der Waals surface area (Å²) in [5, 5.41) is 10.3. The van der Waals surface area contributed by atoms with Crippen molar-refractivity contribution in [2.75, 3.05) is 0 Å². The Balaban J connectivity index is 1.49. The highest BCUT2D eigenvalue weighted by Crippen LogP contribution is 2.29.